The fourth-order valence-corrected chi connectivity index (χ4v) is 4.47. The Labute approximate surface area is 175 Å². The van der Waals surface area contributed by atoms with Gasteiger partial charge in [0, 0.05) is 31.6 Å². The van der Waals surface area contributed by atoms with Crippen LogP contribution in [0.3, 0.4) is 0 Å². The minimum Gasteiger partial charge on any atom is -0.497 e. The summed E-state index contributed by atoms with van der Waals surface area (Å²) in [6.07, 6.45) is 1.09. The Morgan fingerprint density at radius 1 is 1.00 bits per heavy atom. The van der Waals surface area contributed by atoms with Crippen LogP contribution in [-0.2, 0) is 11.3 Å². The van der Waals surface area contributed by atoms with Crippen molar-refractivity contribution in [3.05, 3.63) is 64.8 Å². The third-order valence-electron chi connectivity index (χ3n) is 5.12. The predicted octanol–water partition coefficient (Wildman–Crippen LogP) is 4.18. The largest absolute Gasteiger partial charge is 0.497 e. The molecule has 29 heavy (non-hydrogen) atoms. The molecule has 1 aromatic heterocycles. The van der Waals surface area contributed by atoms with Crippen LogP contribution in [0.1, 0.15) is 6.42 Å². The van der Waals surface area contributed by atoms with Crippen molar-refractivity contribution in [2.75, 3.05) is 40.0 Å². The Morgan fingerprint density at radius 3 is 2.48 bits per heavy atom. The quantitative estimate of drug-likeness (QED) is 0.588. The second-order valence-corrected chi connectivity index (χ2v) is 7.88. The minimum atomic E-state index is 0.845. The molecule has 0 N–H and O–H groups in total. The molecule has 1 aliphatic heterocycles. The lowest BCUT2D eigenvalue weighted by Crippen LogP contribution is -2.37. The summed E-state index contributed by atoms with van der Waals surface area (Å²) in [4.78, 5) is 8.42. The summed E-state index contributed by atoms with van der Waals surface area (Å²) in [7, 11) is 1.70. The van der Waals surface area contributed by atoms with Crippen LogP contribution in [0.5, 0.6) is 5.75 Å². The number of hydrogen-bond donors (Lipinski definition) is 0. The molecule has 5 nitrogen and oxygen atoms in total. The zero-order valence-electron chi connectivity index (χ0n) is 16.8. The van der Waals surface area contributed by atoms with Crippen molar-refractivity contribution in [1.82, 2.24) is 9.47 Å². The molecule has 4 rings (SSSR count). The van der Waals surface area contributed by atoms with Gasteiger partial charge in [0.2, 0.25) is 0 Å². The van der Waals surface area contributed by atoms with Crippen molar-refractivity contribution in [2.24, 2.45) is 4.99 Å². The van der Waals surface area contributed by atoms with E-state index in [1.807, 2.05) is 42.5 Å². The number of methoxy groups -OCH3 is 1. The van der Waals surface area contributed by atoms with Gasteiger partial charge in [-0.15, -0.1) is 11.3 Å². The van der Waals surface area contributed by atoms with Crippen molar-refractivity contribution in [2.45, 2.75) is 13.0 Å². The Kier molecular flexibility index (Phi) is 6.77. The molecule has 0 atom stereocenters. The Morgan fingerprint density at radius 2 is 1.76 bits per heavy atom. The number of rotatable bonds is 7. The van der Waals surface area contributed by atoms with Crippen molar-refractivity contribution in [3.8, 4) is 17.0 Å². The van der Waals surface area contributed by atoms with Gasteiger partial charge in [-0.3, -0.25) is 4.90 Å². The smallest absolute Gasteiger partial charge is 0.190 e. The van der Waals surface area contributed by atoms with Gasteiger partial charge >= 0.3 is 0 Å². The number of nitrogens with zero attached hydrogens (tertiary/aromatic N) is 3. The topological polar surface area (TPSA) is 39.0 Å². The molecule has 1 aliphatic rings. The number of benzene rings is 2. The van der Waals surface area contributed by atoms with Crippen LogP contribution in [0, 0.1) is 0 Å². The maximum absolute atomic E-state index is 5.46. The molecule has 0 amide bonds. The maximum atomic E-state index is 5.46. The second-order valence-electron chi connectivity index (χ2n) is 7.04. The molecule has 2 aromatic carbocycles. The van der Waals surface area contributed by atoms with Gasteiger partial charge in [0.25, 0.3) is 0 Å². The Hall–Kier alpha value is -2.41. The predicted molar refractivity (Wildman–Crippen MR) is 118 cm³/mol. The molecule has 0 radical (unpaired) electrons. The van der Waals surface area contributed by atoms with Crippen molar-refractivity contribution in [1.29, 1.82) is 0 Å². The van der Waals surface area contributed by atoms with E-state index < -0.39 is 0 Å². The van der Waals surface area contributed by atoms with E-state index in [1.54, 1.807) is 18.4 Å². The van der Waals surface area contributed by atoms with Gasteiger partial charge in [-0.2, -0.15) is 0 Å². The van der Waals surface area contributed by atoms with Crippen molar-refractivity contribution >= 4 is 17.0 Å². The third kappa shape index (κ3) is 5.15. The number of hydrogen-bond acceptors (Lipinski definition) is 5. The molecule has 1 fully saturated rings. The van der Waals surface area contributed by atoms with Crippen molar-refractivity contribution in [3.63, 3.8) is 0 Å². The molecule has 0 bridgehead atoms. The molecule has 2 heterocycles. The molecule has 0 saturated carbocycles. The van der Waals surface area contributed by atoms with E-state index in [1.165, 1.54) is 11.3 Å². The first-order chi connectivity index (χ1) is 14.3. The first-order valence-corrected chi connectivity index (χ1v) is 10.9. The number of para-hydroxylation sites is 1. The number of ether oxygens (including phenoxy) is 2. The highest BCUT2D eigenvalue weighted by molar-refractivity contribution is 7.07. The third-order valence-corrected chi connectivity index (χ3v) is 5.99. The number of thiazole rings is 1. The van der Waals surface area contributed by atoms with E-state index in [-0.39, 0.29) is 0 Å². The molecule has 0 spiro atoms. The summed E-state index contributed by atoms with van der Waals surface area (Å²) in [5.74, 6) is 0.872. The minimum absolute atomic E-state index is 0.845. The van der Waals surface area contributed by atoms with Crippen LogP contribution in [0.25, 0.3) is 11.3 Å². The van der Waals surface area contributed by atoms with Crippen molar-refractivity contribution < 1.29 is 9.47 Å². The first-order valence-electron chi connectivity index (χ1n) is 10.1. The van der Waals surface area contributed by atoms with Gasteiger partial charge < -0.3 is 14.0 Å². The second kappa shape index (κ2) is 9.87. The maximum Gasteiger partial charge on any atom is 0.190 e. The van der Waals surface area contributed by atoms with Crippen LogP contribution >= 0.6 is 11.3 Å². The van der Waals surface area contributed by atoms with Crippen LogP contribution in [0.4, 0.5) is 5.69 Å². The summed E-state index contributed by atoms with van der Waals surface area (Å²) >= 11 is 1.69. The highest BCUT2D eigenvalue weighted by Crippen LogP contribution is 2.24. The normalized spacial score (nSPS) is 15.6. The van der Waals surface area contributed by atoms with Crippen LogP contribution in [-0.4, -0.2) is 49.4 Å². The van der Waals surface area contributed by atoms with E-state index in [2.05, 4.69) is 27.0 Å². The Balaban J connectivity index is 1.60. The van der Waals surface area contributed by atoms with Gasteiger partial charge in [-0.1, -0.05) is 18.2 Å². The van der Waals surface area contributed by atoms with E-state index in [4.69, 9.17) is 14.5 Å². The molecular formula is C23H27N3O2S. The SMILES string of the molecule is COc1ccc(-c2csc(=Nc3ccccc3)n2CCCN2CCOCC2)cc1. The summed E-state index contributed by atoms with van der Waals surface area (Å²) in [6, 6.07) is 18.4. The number of aromatic nitrogens is 1. The monoisotopic (exact) mass is 409 g/mol. The highest BCUT2D eigenvalue weighted by atomic mass is 32.1. The zero-order valence-corrected chi connectivity index (χ0v) is 17.6. The molecule has 0 aliphatic carbocycles. The number of morpholine rings is 1. The molecule has 3 aromatic rings. The van der Waals surface area contributed by atoms with E-state index in [0.717, 1.165) is 62.1 Å². The molecule has 6 heteroatoms. The summed E-state index contributed by atoms with van der Waals surface area (Å²) in [5.41, 5.74) is 3.37. The van der Waals surface area contributed by atoms with Gasteiger partial charge in [-0.25, -0.2) is 4.99 Å². The van der Waals surface area contributed by atoms with Crippen LogP contribution < -0.4 is 9.54 Å². The lowest BCUT2D eigenvalue weighted by molar-refractivity contribution is 0.0369. The van der Waals surface area contributed by atoms with E-state index in [0.29, 0.717) is 0 Å². The standard InChI is InChI=1S/C23H27N3O2S/c1-27-21-10-8-19(9-11-21)22-18-29-23(24-20-6-3-2-4-7-20)26(22)13-5-12-25-14-16-28-17-15-25/h2-4,6-11,18H,5,12-17H2,1H3. The molecule has 152 valence electrons. The van der Waals surface area contributed by atoms with E-state index >= 15 is 0 Å². The molecule has 1 saturated heterocycles. The van der Waals surface area contributed by atoms with Crippen LogP contribution in [0.15, 0.2) is 65.0 Å². The lowest BCUT2D eigenvalue weighted by atomic mass is 10.1. The zero-order chi connectivity index (χ0) is 19.9. The Bertz CT molecular complexity index is 958. The molecular weight excluding hydrogens is 382 g/mol. The van der Waals surface area contributed by atoms with Gasteiger partial charge in [-0.05, 0) is 48.4 Å². The van der Waals surface area contributed by atoms with Gasteiger partial charge in [0.15, 0.2) is 4.80 Å². The first kappa shape index (κ1) is 19.9. The average Bonchev–Trinajstić information content (AvgIpc) is 3.17. The summed E-state index contributed by atoms with van der Waals surface area (Å²) in [5, 5.41) is 2.21. The highest BCUT2D eigenvalue weighted by Gasteiger charge is 2.12. The van der Waals surface area contributed by atoms with E-state index in [9.17, 15) is 0 Å². The van der Waals surface area contributed by atoms with Crippen LogP contribution in [0.2, 0.25) is 0 Å². The van der Waals surface area contributed by atoms with Gasteiger partial charge in [0.05, 0.1) is 31.7 Å². The fourth-order valence-electron chi connectivity index (χ4n) is 3.52. The average molecular weight is 410 g/mol. The summed E-state index contributed by atoms with van der Waals surface area (Å²) in [6.45, 7) is 5.77. The lowest BCUT2D eigenvalue weighted by Gasteiger charge is -2.26. The fraction of sp³-hybridized carbons (Fsp3) is 0.348. The summed E-state index contributed by atoms with van der Waals surface area (Å²) < 4.78 is 13.1. The molecule has 0 unspecified atom stereocenters. The van der Waals surface area contributed by atoms with Gasteiger partial charge in [0.1, 0.15) is 5.75 Å².